The minimum Gasteiger partial charge on any atom is -0.481 e. The molecule has 0 spiro atoms. The molecule has 1 saturated heterocycles. The highest BCUT2D eigenvalue weighted by molar-refractivity contribution is 5.70. The van der Waals surface area contributed by atoms with Crippen LogP contribution in [0.2, 0.25) is 0 Å². The smallest absolute Gasteiger partial charge is 0.307 e. The molecule has 0 radical (unpaired) electrons. The summed E-state index contributed by atoms with van der Waals surface area (Å²) in [5.74, 6) is -0.769. The fraction of sp³-hybridized carbons (Fsp3) is 0.875. The van der Waals surface area contributed by atoms with Gasteiger partial charge < -0.3 is 10.0 Å². The molecule has 0 amide bonds. The third-order valence-corrected chi connectivity index (χ3v) is 1.74. The van der Waals surface area contributed by atoms with Crippen molar-refractivity contribution in [2.45, 2.75) is 20.3 Å². The van der Waals surface area contributed by atoms with Gasteiger partial charge in [-0.25, -0.2) is 0 Å². The maximum absolute atomic E-state index is 10.3. The SMILES string of the molecule is CC.CN1CCC(C(=O)O)C1. The Kier molecular flexibility index (Phi) is 4.86. The Bertz CT molecular complexity index is 125. The Labute approximate surface area is 68.0 Å². The second-order valence-electron chi connectivity index (χ2n) is 2.59. The quantitative estimate of drug-likeness (QED) is 0.621. The van der Waals surface area contributed by atoms with Crippen LogP contribution in [0, 0.1) is 5.92 Å². The van der Waals surface area contributed by atoms with E-state index in [2.05, 4.69) is 0 Å². The standard InChI is InChI=1S/C6H11NO2.C2H6/c1-7-3-2-5(4-7)6(8)9;1-2/h5H,2-4H2,1H3,(H,8,9);1-2H3. The van der Waals surface area contributed by atoms with Crippen molar-refractivity contribution < 1.29 is 9.90 Å². The van der Waals surface area contributed by atoms with E-state index in [0.29, 0.717) is 0 Å². The molecule has 1 fully saturated rings. The lowest BCUT2D eigenvalue weighted by atomic mass is 10.1. The van der Waals surface area contributed by atoms with Crippen molar-refractivity contribution in [1.82, 2.24) is 4.90 Å². The molecule has 0 saturated carbocycles. The highest BCUT2D eigenvalue weighted by Gasteiger charge is 2.24. The van der Waals surface area contributed by atoms with Gasteiger partial charge in [0.25, 0.3) is 0 Å². The largest absolute Gasteiger partial charge is 0.481 e. The van der Waals surface area contributed by atoms with Crippen molar-refractivity contribution in [3.05, 3.63) is 0 Å². The third kappa shape index (κ3) is 3.37. The Balaban J connectivity index is 0.000000461. The second kappa shape index (κ2) is 5.13. The predicted octanol–water partition coefficient (Wildman–Crippen LogP) is 1.05. The molecule has 0 aromatic carbocycles. The van der Waals surface area contributed by atoms with E-state index in [-0.39, 0.29) is 5.92 Å². The molecular formula is C8H17NO2. The van der Waals surface area contributed by atoms with Gasteiger partial charge in [0.1, 0.15) is 0 Å². The first kappa shape index (κ1) is 10.4. The second-order valence-corrected chi connectivity index (χ2v) is 2.59. The average molecular weight is 159 g/mol. The van der Waals surface area contributed by atoms with Gasteiger partial charge in [-0.2, -0.15) is 0 Å². The van der Waals surface area contributed by atoms with Gasteiger partial charge >= 0.3 is 5.97 Å². The summed E-state index contributed by atoms with van der Waals surface area (Å²) in [7, 11) is 1.95. The molecule has 1 unspecified atom stereocenters. The molecule has 11 heavy (non-hydrogen) atoms. The summed E-state index contributed by atoms with van der Waals surface area (Å²) in [6.45, 7) is 5.65. The van der Waals surface area contributed by atoms with Crippen LogP contribution < -0.4 is 0 Å². The minimum absolute atomic E-state index is 0.116. The van der Waals surface area contributed by atoms with Crippen LogP contribution in [0.3, 0.4) is 0 Å². The van der Waals surface area contributed by atoms with Crippen molar-refractivity contribution >= 4 is 5.97 Å². The zero-order valence-corrected chi connectivity index (χ0v) is 7.50. The molecule has 1 aliphatic rings. The maximum Gasteiger partial charge on any atom is 0.307 e. The number of rotatable bonds is 1. The van der Waals surface area contributed by atoms with Crippen LogP contribution in [0.4, 0.5) is 0 Å². The number of carbonyl (C=O) groups is 1. The van der Waals surface area contributed by atoms with Crippen LogP contribution in [-0.4, -0.2) is 36.1 Å². The monoisotopic (exact) mass is 159 g/mol. The molecule has 1 N–H and O–H groups in total. The first-order valence-electron chi connectivity index (χ1n) is 4.11. The molecule has 1 aliphatic heterocycles. The number of carboxylic acids is 1. The highest BCUT2D eigenvalue weighted by Crippen LogP contribution is 2.13. The number of aliphatic carboxylic acids is 1. The van der Waals surface area contributed by atoms with Crippen LogP contribution >= 0.6 is 0 Å². The number of hydrogen-bond donors (Lipinski definition) is 1. The Morgan fingerprint density at radius 3 is 2.27 bits per heavy atom. The van der Waals surface area contributed by atoms with E-state index in [1.807, 2.05) is 25.8 Å². The Hall–Kier alpha value is -0.570. The van der Waals surface area contributed by atoms with E-state index < -0.39 is 5.97 Å². The van der Waals surface area contributed by atoms with Crippen molar-refractivity contribution in [2.24, 2.45) is 5.92 Å². The van der Waals surface area contributed by atoms with E-state index in [9.17, 15) is 4.79 Å². The zero-order chi connectivity index (χ0) is 8.85. The van der Waals surface area contributed by atoms with Gasteiger partial charge in [0.15, 0.2) is 0 Å². The molecular weight excluding hydrogens is 142 g/mol. The first-order chi connectivity index (χ1) is 5.20. The lowest BCUT2D eigenvalue weighted by Crippen LogP contribution is -2.18. The molecule has 3 heteroatoms. The van der Waals surface area contributed by atoms with E-state index in [4.69, 9.17) is 5.11 Å². The number of carboxylic acid groups (broad SMARTS) is 1. The van der Waals surface area contributed by atoms with E-state index >= 15 is 0 Å². The molecule has 3 nitrogen and oxygen atoms in total. The van der Waals surface area contributed by atoms with Gasteiger partial charge in [-0.05, 0) is 20.0 Å². The topological polar surface area (TPSA) is 40.5 Å². The summed E-state index contributed by atoms with van der Waals surface area (Å²) in [5, 5.41) is 8.50. The summed E-state index contributed by atoms with van der Waals surface area (Å²) in [6, 6.07) is 0. The molecule has 1 heterocycles. The molecule has 1 atom stereocenters. The summed E-state index contributed by atoms with van der Waals surface area (Å²) in [6.07, 6.45) is 0.811. The summed E-state index contributed by atoms with van der Waals surface area (Å²) in [5.41, 5.74) is 0. The van der Waals surface area contributed by atoms with Crippen LogP contribution in [0.25, 0.3) is 0 Å². The van der Waals surface area contributed by atoms with Gasteiger partial charge in [0.05, 0.1) is 5.92 Å². The third-order valence-electron chi connectivity index (χ3n) is 1.74. The van der Waals surface area contributed by atoms with Crippen LogP contribution in [-0.2, 0) is 4.79 Å². The average Bonchev–Trinajstić information content (AvgIpc) is 2.40. The molecule has 0 aromatic heterocycles. The van der Waals surface area contributed by atoms with Gasteiger partial charge in [-0.3, -0.25) is 4.79 Å². The molecule has 1 rings (SSSR count). The minimum atomic E-state index is -0.653. The number of nitrogens with zero attached hydrogens (tertiary/aromatic N) is 1. The zero-order valence-electron chi connectivity index (χ0n) is 7.50. The van der Waals surface area contributed by atoms with Crippen molar-refractivity contribution in [2.75, 3.05) is 20.1 Å². The van der Waals surface area contributed by atoms with Gasteiger partial charge in [-0.15, -0.1) is 0 Å². The molecule has 0 bridgehead atoms. The summed E-state index contributed by atoms with van der Waals surface area (Å²) in [4.78, 5) is 12.4. The molecule has 0 aliphatic carbocycles. The van der Waals surface area contributed by atoms with E-state index in [1.165, 1.54) is 0 Å². The van der Waals surface area contributed by atoms with Crippen LogP contribution in [0.15, 0.2) is 0 Å². The lowest BCUT2D eigenvalue weighted by Gasteiger charge is -2.04. The summed E-state index contributed by atoms with van der Waals surface area (Å²) >= 11 is 0. The van der Waals surface area contributed by atoms with Gasteiger partial charge in [0, 0.05) is 6.54 Å². The van der Waals surface area contributed by atoms with Gasteiger partial charge in [0.2, 0.25) is 0 Å². The maximum atomic E-state index is 10.3. The van der Waals surface area contributed by atoms with Crippen LogP contribution in [0.5, 0.6) is 0 Å². The van der Waals surface area contributed by atoms with Crippen molar-refractivity contribution in [3.8, 4) is 0 Å². The Morgan fingerprint density at radius 2 is 2.09 bits per heavy atom. The fourth-order valence-corrected chi connectivity index (χ4v) is 1.14. The highest BCUT2D eigenvalue weighted by atomic mass is 16.4. The number of likely N-dealkylation sites (tertiary alicyclic amines) is 1. The van der Waals surface area contributed by atoms with Crippen LogP contribution in [0.1, 0.15) is 20.3 Å². The first-order valence-corrected chi connectivity index (χ1v) is 4.11. The Morgan fingerprint density at radius 1 is 1.55 bits per heavy atom. The summed E-state index contributed by atoms with van der Waals surface area (Å²) < 4.78 is 0. The lowest BCUT2D eigenvalue weighted by molar-refractivity contribution is -0.141. The normalized spacial score (nSPS) is 24.1. The molecule has 66 valence electrons. The number of hydrogen-bond acceptors (Lipinski definition) is 2. The molecule has 0 aromatic rings. The van der Waals surface area contributed by atoms with E-state index in [1.54, 1.807) is 0 Å². The van der Waals surface area contributed by atoms with Crippen molar-refractivity contribution in [3.63, 3.8) is 0 Å². The predicted molar refractivity (Wildman–Crippen MR) is 44.6 cm³/mol. The van der Waals surface area contributed by atoms with E-state index in [0.717, 1.165) is 19.5 Å². The fourth-order valence-electron chi connectivity index (χ4n) is 1.14. The van der Waals surface area contributed by atoms with Crippen molar-refractivity contribution in [1.29, 1.82) is 0 Å². The van der Waals surface area contributed by atoms with Gasteiger partial charge in [-0.1, -0.05) is 13.8 Å².